The molecule has 0 spiro atoms. The summed E-state index contributed by atoms with van der Waals surface area (Å²) >= 11 is 0. The van der Waals surface area contributed by atoms with Crippen LogP contribution in [0.5, 0.6) is 0 Å². The lowest BCUT2D eigenvalue weighted by Crippen LogP contribution is -2.15. The average Bonchev–Trinajstić information content (AvgIpc) is 2.33. The number of Topliss-reactive ketones (excluding diaryl/α,β-unsaturated/α-hetero) is 1. The van der Waals surface area contributed by atoms with Crippen LogP contribution in [0.15, 0.2) is 0 Å². The first-order valence-corrected chi connectivity index (χ1v) is 8.37. The molecule has 0 bridgehead atoms. The van der Waals surface area contributed by atoms with Crippen LogP contribution < -0.4 is 0 Å². The smallest absolute Gasteiger partial charge is 0.135 e. The van der Waals surface area contributed by atoms with Crippen molar-refractivity contribution in [2.45, 2.75) is 96.8 Å². The van der Waals surface area contributed by atoms with Crippen molar-refractivity contribution in [3.8, 4) is 0 Å². The van der Waals surface area contributed by atoms with Gasteiger partial charge in [-0.2, -0.15) is 0 Å². The Bertz CT molecular complexity index is 202. The predicted molar refractivity (Wildman–Crippen MR) is 78.8 cm³/mol. The molecule has 0 aromatic carbocycles. The summed E-state index contributed by atoms with van der Waals surface area (Å²) in [5.74, 6) is 0.994. The Balaban J connectivity index is 2.06. The van der Waals surface area contributed by atoms with E-state index in [9.17, 15) is 4.79 Å². The molecule has 0 unspecified atom stereocenters. The summed E-state index contributed by atoms with van der Waals surface area (Å²) in [6.07, 6.45) is 17.6. The molecule has 0 saturated heterocycles. The molecular weight excluding hydrogens is 220 g/mol. The predicted octanol–water partition coefficient (Wildman–Crippen LogP) is 5.67. The van der Waals surface area contributed by atoms with E-state index in [4.69, 9.17) is 0 Å². The van der Waals surface area contributed by atoms with E-state index in [1.165, 1.54) is 77.0 Å². The van der Waals surface area contributed by atoms with Crippen LogP contribution in [0.3, 0.4) is 0 Å². The summed E-state index contributed by atoms with van der Waals surface area (Å²) in [6, 6.07) is 0. The number of rotatable bonds is 8. The second kappa shape index (κ2) is 10.6. The number of hydrogen-bond acceptors (Lipinski definition) is 1. The van der Waals surface area contributed by atoms with E-state index in [1.54, 1.807) is 0 Å². The molecule has 0 N–H and O–H groups in total. The highest BCUT2D eigenvalue weighted by Crippen LogP contribution is 2.24. The third kappa shape index (κ3) is 7.18. The van der Waals surface area contributed by atoms with Gasteiger partial charge in [0.2, 0.25) is 0 Å². The molecule has 0 aromatic rings. The molecule has 0 atom stereocenters. The maximum Gasteiger partial charge on any atom is 0.135 e. The summed E-state index contributed by atoms with van der Waals surface area (Å²) < 4.78 is 0. The summed E-state index contributed by atoms with van der Waals surface area (Å²) in [7, 11) is 0. The van der Waals surface area contributed by atoms with Crippen molar-refractivity contribution in [3.63, 3.8) is 0 Å². The van der Waals surface area contributed by atoms with Gasteiger partial charge in [-0.25, -0.2) is 0 Å². The number of carbonyl (C=O) groups is 1. The molecule has 0 radical (unpaired) electrons. The van der Waals surface area contributed by atoms with Gasteiger partial charge in [-0.05, 0) is 19.3 Å². The number of hydrogen-bond donors (Lipinski definition) is 0. The van der Waals surface area contributed by atoms with Crippen molar-refractivity contribution < 1.29 is 4.79 Å². The lowest BCUT2D eigenvalue weighted by atomic mass is 9.86. The maximum absolute atomic E-state index is 12.2. The van der Waals surface area contributed by atoms with Gasteiger partial charge in [0, 0.05) is 12.3 Å². The van der Waals surface area contributed by atoms with Gasteiger partial charge in [-0.1, -0.05) is 71.1 Å². The molecule has 0 heterocycles. The Hall–Kier alpha value is -0.330. The van der Waals surface area contributed by atoms with E-state index in [0.717, 1.165) is 12.8 Å². The van der Waals surface area contributed by atoms with Gasteiger partial charge in [-0.3, -0.25) is 4.79 Å². The molecule has 18 heavy (non-hydrogen) atoms. The van der Waals surface area contributed by atoms with Crippen LogP contribution in [-0.2, 0) is 4.79 Å². The zero-order valence-corrected chi connectivity index (χ0v) is 12.4. The van der Waals surface area contributed by atoms with Crippen molar-refractivity contribution in [2.75, 3.05) is 0 Å². The largest absolute Gasteiger partial charge is 0.299 e. The van der Waals surface area contributed by atoms with E-state index < -0.39 is 0 Å². The normalized spacial score (nSPS) is 18.3. The monoisotopic (exact) mass is 252 g/mol. The Morgan fingerprint density at radius 3 is 2.06 bits per heavy atom. The fraction of sp³-hybridized carbons (Fsp3) is 0.941. The molecule has 0 aliphatic heterocycles. The highest BCUT2D eigenvalue weighted by atomic mass is 16.1. The molecule has 1 fully saturated rings. The first-order chi connectivity index (χ1) is 8.84. The molecule has 1 nitrogen and oxygen atoms in total. The zero-order chi connectivity index (χ0) is 13.1. The second-order valence-corrected chi connectivity index (χ2v) is 6.03. The van der Waals surface area contributed by atoms with Crippen molar-refractivity contribution in [1.82, 2.24) is 0 Å². The summed E-state index contributed by atoms with van der Waals surface area (Å²) in [5.41, 5.74) is 0. The SMILES string of the molecule is CCCCCCCCC(=O)C1CCCCCCC1. The Morgan fingerprint density at radius 2 is 1.39 bits per heavy atom. The van der Waals surface area contributed by atoms with E-state index in [1.807, 2.05) is 0 Å². The molecule has 1 aliphatic carbocycles. The van der Waals surface area contributed by atoms with Gasteiger partial charge in [0.05, 0.1) is 0 Å². The van der Waals surface area contributed by atoms with Crippen LogP contribution in [0.4, 0.5) is 0 Å². The fourth-order valence-corrected chi connectivity index (χ4v) is 3.06. The minimum atomic E-state index is 0.418. The van der Waals surface area contributed by atoms with Crippen LogP contribution in [0.2, 0.25) is 0 Å². The number of ketones is 1. The van der Waals surface area contributed by atoms with Crippen LogP contribution in [0, 0.1) is 5.92 Å². The van der Waals surface area contributed by atoms with Crippen molar-refractivity contribution in [1.29, 1.82) is 0 Å². The molecule has 1 saturated carbocycles. The third-order valence-corrected chi connectivity index (χ3v) is 4.34. The van der Waals surface area contributed by atoms with Gasteiger partial charge in [0.1, 0.15) is 5.78 Å². The highest BCUT2D eigenvalue weighted by Gasteiger charge is 2.18. The molecule has 0 amide bonds. The van der Waals surface area contributed by atoms with Crippen molar-refractivity contribution in [2.24, 2.45) is 5.92 Å². The third-order valence-electron chi connectivity index (χ3n) is 4.34. The molecule has 1 rings (SSSR count). The topological polar surface area (TPSA) is 17.1 Å². The maximum atomic E-state index is 12.2. The van der Waals surface area contributed by atoms with E-state index in [0.29, 0.717) is 11.7 Å². The fourth-order valence-electron chi connectivity index (χ4n) is 3.06. The first kappa shape index (κ1) is 15.7. The van der Waals surface area contributed by atoms with E-state index in [-0.39, 0.29) is 0 Å². The van der Waals surface area contributed by atoms with Crippen LogP contribution >= 0.6 is 0 Å². The highest BCUT2D eigenvalue weighted by molar-refractivity contribution is 5.80. The standard InChI is InChI=1S/C17H32O/c1-2-3-4-5-9-12-15-17(18)16-13-10-7-6-8-11-14-16/h16H,2-15H2,1H3. The first-order valence-electron chi connectivity index (χ1n) is 8.37. The lowest BCUT2D eigenvalue weighted by Gasteiger charge is -2.18. The Labute approximate surface area is 114 Å². The second-order valence-electron chi connectivity index (χ2n) is 6.03. The molecule has 106 valence electrons. The lowest BCUT2D eigenvalue weighted by molar-refractivity contribution is -0.123. The van der Waals surface area contributed by atoms with Crippen LogP contribution in [0.1, 0.15) is 96.8 Å². The van der Waals surface area contributed by atoms with Gasteiger partial charge in [0.15, 0.2) is 0 Å². The summed E-state index contributed by atoms with van der Waals surface area (Å²) in [4.78, 5) is 12.2. The summed E-state index contributed by atoms with van der Waals surface area (Å²) in [6.45, 7) is 2.25. The molecule has 1 aliphatic rings. The molecule has 0 aromatic heterocycles. The van der Waals surface area contributed by atoms with Gasteiger partial charge >= 0.3 is 0 Å². The van der Waals surface area contributed by atoms with Gasteiger partial charge < -0.3 is 0 Å². The number of carbonyl (C=O) groups excluding carboxylic acids is 1. The van der Waals surface area contributed by atoms with E-state index >= 15 is 0 Å². The van der Waals surface area contributed by atoms with Crippen molar-refractivity contribution >= 4 is 5.78 Å². The quantitative estimate of drug-likeness (QED) is 0.509. The minimum absolute atomic E-state index is 0.418. The van der Waals surface area contributed by atoms with Crippen LogP contribution in [0.25, 0.3) is 0 Å². The molecular formula is C17H32O. The minimum Gasteiger partial charge on any atom is -0.299 e. The van der Waals surface area contributed by atoms with Crippen LogP contribution in [-0.4, -0.2) is 5.78 Å². The zero-order valence-electron chi connectivity index (χ0n) is 12.4. The molecule has 1 heteroatoms. The number of unbranched alkanes of at least 4 members (excludes halogenated alkanes) is 5. The summed E-state index contributed by atoms with van der Waals surface area (Å²) in [5, 5.41) is 0. The van der Waals surface area contributed by atoms with Gasteiger partial charge in [0.25, 0.3) is 0 Å². The Kier molecular flexibility index (Phi) is 9.24. The van der Waals surface area contributed by atoms with E-state index in [2.05, 4.69) is 6.92 Å². The van der Waals surface area contributed by atoms with Crippen molar-refractivity contribution in [3.05, 3.63) is 0 Å². The Morgan fingerprint density at radius 1 is 0.833 bits per heavy atom. The van der Waals surface area contributed by atoms with Gasteiger partial charge in [-0.15, -0.1) is 0 Å². The average molecular weight is 252 g/mol.